The summed E-state index contributed by atoms with van der Waals surface area (Å²) in [5.74, 6) is 0.339. The molecule has 2 aromatic carbocycles. The van der Waals surface area contributed by atoms with E-state index in [4.69, 9.17) is 9.72 Å². The number of ether oxygens (including phenoxy) is 1. The topological polar surface area (TPSA) is 62.7 Å². The van der Waals surface area contributed by atoms with Crippen molar-refractivity contribution in [1.82, 2.24) is 4.98 Å². The van der Waals surface area contributed by atoms with Crippen molar-refractivity contribution in [1.29, 1.82) is 0 Å². The lowest BCUT2D eigenvalue weighted by molar-refractivity contribution is 0.148. The molecule has 0 saturated carbocycles. The lowest BCUT2D eigenvalue weighted by Crippen LogP contribution is -2.26. The Morgan fingerprint density at radius 1 is 1.03 bits per heavy atom. The van der Waals surface area contributed by atoms with Crippen LogP contribution in [0.3, 0.4) is 0 Å². The molecule has 0 saturated heterocycles. The molecule has 0 unspecified atom stereocenters. The highest BCUT2D eigenvalue weighted by atomic mass is 32.1. The van der Waals surface area contributed by atoms with Crippen LogP contribution in [0.1, 0.15) is 58.2 Å². The Bertz CT molecular complexity index is 1060. The first-order chi connectivity index (χ1) is 14.9. The number of anilines is 1. The molecule has 0 aliphatic rings. The highest BCUT2D eigenvalue weighted by Crippen LogP contribution is 2.42. The predicted molar refractivity (Wildman–Crippen MR) is 132 cm³/mol. The number of rotatable bonds is 4. The third-order valence-electron chi connectivity index (χ3n) is 5.28. The van der Waals surface area contributed by atoms with Gasteiger partial charge >= 0.3 is 6.09 Å². The fraction of sp³-hybridized carbons (Fsp3) is 0.385. The molecule has 0 aliphatic heterocycles. The molecule has 0 aliphatic carbocycles. The summed E-state index contributed by atoms with van der Waals surface area (Å²) in [6.07, 6.45) is -0.453. The number of aromatic hydroxyl groups is 1. The van der Waals surface area contributed by atoms with Gasteiger partial charge in [0.2, 0.25) is 0 Å². The van der Waals surface area contributed by atoms with Crippen molar-refractivity contribution in [2.45, 2.75) is 59.0 Å². The summed E-state index contributed by atoms with van der Waals surface area (Å²) in [4.78, 5) is 18.6. The van der Waals surface area contributed by atoms with Gasteiger partial charge in [-0.2, -0.15) is 0 Å². The Morgan fingerprint density at radius 3 is 2.12 bits per heavy atom. The van der Waals surface area contributed by atoms with Gasteiger partial charge in [-0.1, -0.05) is 71.9 Å². The molecule has 1 N–H and O–H groups in total. The Labute approximate surface area is 194 Å². The smallest absolute Gasteiger partial charge is 0.416 e. The van der Waals surface area contributed by atoms with E-state index in [1.807, 2.05) is 47.8 Å². The number of carbonyl (C=O) groups excluding carboxylic acids is 1. The summed E-state index contributed by atoms with van der Waals surface area (Å²) in [5, 5.41) is 13.5. The molecule has 0 fully saturated rings. The lowest BCUT2D eigenvalue weighted by atomic mass is 9.78. The van der Waals surface area contributed by atoms with E-state index in [2.05, 4.69) is 41.5 Å². The van der Waals surface area contributed by atoms with Gasteiger partial charge < -0.3 is 9.84 Å². The van der Waals surface area contributed by atoms with Crippen LogP contribution in [0.15, 0.2) is 47.8 Å². The second-order valence-corrected chi connectivity index (χ2v) is 10.9. The highest BCUT2D eigenvalue weighted by Gasteiger charge is 2.27. The molecule has 6 heteroatoms. The monoisotopic (exact) mass is 452 g/mol. The lowest BCUT2D eigenvalue weighted by Gasteiger charge is -2.28. The Balaban J connectivity index is 1.88. The number of nitrogens with zero attached hydrogens (tertiary/aromatic N) is 2. The Hall–Kier alpha value is -2.86. The van der Waals surface area contributed by atoms with Crippen LogP contribution in [-0.4, -0.2) is 23.2 Å². The van der Waals surface area contributed by atoms with Gasteiger partial charge in [0.05, 0.1) is 5.69 Å². The van der Waals surface area contributed by atoms with Crippen LogP contribution in [0.25, 0.3) is 11.3 Å². The number of hydrogen-bond donors (Lipinski definition) is 1. The molecular weight excluding hydrogens is 420 g/mol. The van der Waals surface area contributed by atoms with Gasteiger partial charge in [-0.25, -0.2) is 9.78 Å². The number of phenols is 1. The minimum Gasteiger partial charge on any atom is -0.507 e. The van der Waals surface area contributed by atoms with E-state index in [0.717, 1.165) is 27.9 Å². The van der Waals surface area contributed by atoms with Gasteiger partial charge in [0.15, 0.2) is 5.13 Å². The van der Waals surface area contributed by atoms with Crippen molar-refractivity contribution in [3.8, 4) is 17.0 Å². The minimum absolute atomic E-state index is 0.212. The van der Waals surface area contributed by atoms with Crippen molar-refractivity contribution in [3.63, 3.8) is 0 Å². The third-order valence-corrected chi connectivity index (χ3v) is 6.20. The number of aromatic nitrogens is 1. The molecule has 32 heavy (non-hydrogen) atoms. The fourth-order valence-electron chi connectivity index (χ4n) is 3.37. The normalized spacial score (nSPS) is 12.0. The van der Waals surface area contributed by atoms with Gasteiger partial charge in [0.25, 0.3) is 0 Å². The van der Waals surface area contributed by atoms with E-state index in [0.29, 0.717) is 10.9 Å². The molecule has 3 rings (SSSR count). The van der Waals surface area contributed by atoms with Crippen molar-refractivity contribution < 1.29 is 14.6 Å². The van der Waals surface area contributed by atoms with E-state index in [-0.39, 0.29) is 17.4 Å². The van der Waals surface area contributed by atoms with Crippen molar-refractivity contribution in [3.05, 3.63) is 64.5 Å². The molecule has 1 amide bonds. The van der Waals surface area contributed by atoms with Gasteiger partial charge in [0.1, 0.15) is 12.4 Å². The zero-order valence-corrected chi connectivity index (χ0v) is 20.7. The minimum atomic E-state index is -0.453. The molecule has 0 atom stereocenters. The Kier molecular flexibility index (Phi) is 6.65. The zero-order valence-electron chi connectivity index (χ0n) is 19.9. The van der Waals surface area contributed by atoms with Crippen LogP contribution in [0.4, 0.5) is 9.93 Å². The van der Waals surface area contributed by atoms with Crippen LogP contribution < -0.4 is 4.90 Å². The predicted octanol–water partition coefficient (Wildman–Crippen LogP) is 6.88. The summed E-state index contributed by atoms with van der Waals surface area (Å²) in [6, 6.07) is 13.6. The van der Waals surface area contributed by atoms with Crippen LogP contribution in [0.2, 0.25) is 0 Å². The second-order valence-electron chi connectivity index (χ2n) is 10.0. The van der Waals surface area contributed by atoms with E-state index in [1.165, 1.54) is 16.2 Å². The number of thiazole rings is 1. The quantitative estimate of drug-likeness (QED) is 0.468. The average Bonchev–Trinajstić information content (AvgIpc) is 3.21. The molecule has 0 spiro atoms. The zero-order chi connectivity index (χ0) is 23.7. The van der Waals surface area contributed by atoms with E-state index < -0.39 is 6.09 Å². The first-order valence-corrected chi connectivity index (χ1v) is 11.5. The van der Waals surface area contributed by atoms with Gasteiger partial charge in [-0.15, -0.1) is 11.3 Å². The molecule has 170 valence electrons. The number of amides is 1. The standard InChI is InChI=1S/C26H32N2O3S/c1-25(2,3)19-13-18(14-20(22(19)29)26(4,5)6)21-16-32-23(27-21)28(7)24(30)31-15-17-11-9-8-10-12-17/h8-14,16,29H,15H2,1-7H3. The van der Waals surface area contributed by atoms with Crippen molar-refractivity contribution in [2.75, 3.05) is 11.9 Å². The van der Waals surface area contributed by atoms with Crippen LogP contribution in [0.5, 0.6) is 5.75 Å². The average molecular weight is 453 g/mol. The van der Waals surface area contributed by atoms with Gasteiger partial charge in [-0.05, 0) is 28.5 Å². The molecule has 5 nitrogen and oxygen atoms in total. The summed E-state index contributed by atoms with van der Waals surface area (Å²) >= 11 is 1.38. The SMILES string of the molecule is CN(C(=O)OCc1ccccc1)c1nc(-c2cc(C(C)(C)C)c(O)c(C(C)(C)C)c2)cs1. The molecule has 1 heterocycles. The number of phenolic OH excluding ortho intramolecular Hbond substituents is 1. The fourth-order valence-corrected chi connectivity index (χ4v) is 4.16. The molecule has 3 aromatic rings. The largest absolute Gasteiger partial charge is 0.507 e. The number of hydrogen-bond acceptors (Lipinski definition) is 5. The number of benzene rings is 2. The molecular formula is C26H32N2O3S. The molecule has 1 aromatic heterocycles. The second kappa shape index (κ2) is 8.94. The van der Waals surface area contributed by atoms with Crippen LogP contribution >= 0.6 is 11.3 Å². The summed E-state index contributed by atoms with van der Waals surface area (Å²) in [6.45, 7) is 12.7. The van der Waals surface area contributed by atoms with Crippen molar-refractivity contribution >= 4 is 22.6 Å². The maximum absolute atomic E-state index is 12.5. The first-order valence-electron chi connectivity index (χ1n) is 10.7. The first kappa shape index (κ1) is 23.8. The summed E-state index contributed by atoms with van der Waals surface area (Å²) in [7, 11) is 1.66. The van der Waals surface area contributed by atoms with E-state index in [1.54, 1.807) is 7.05 Å². The van der Waals surface area contributed by atoms with Crippen molar-refractivity contribution in [2.24, 2.45) is 0 Å². The maximum Gasteiger partial charge on any atom is 0.416 e. The highest BCUT2D eigenvalue weighted by molar-refractivity contribution is 7.14. The van der Waals surface area contributed by atoms with Gasteiger partial charge in [-0.3, -0.25) is 4.90 Å². The van der Waals surface area contributed by atoms with E-state index in [9.17, 15) is 9.90 Å². The van der Waals surface area contributed by atoms with E-state index >= 15 is 0 Å². The number of carbonyl (C=O) groups is 1. The maximum atomic E-state index is 12.5. The van der Waals surface area contributed by atoms with Crippen LogP contribution in [-0.2, 0) is 22.2 Å². The summed E-state index contributed by atoms with van der Waals surface area (Å²) < 4.78 is 5.42. The molecule has 0 radical (unpaired) electrons. The molecule has 0 bridgehead atoms. The third kappa shape index (κ3) is 5.30. The van der Waals surface area contributed by atoms with Gasteiger partial charge in [0, 0.05) is 29.1 Å². The summed E-state index contributed by atoms with van der Waals surface area (Å²) in [5.41, 5.74) is 3.93. The Morgan fingerprint density at radius 2 is 1.59 bits per heavy atom. The van der Waals surface area contributed by atoms with Crippen LogP contribution in [0, 0.1) is 0 Å².